The zero-order chi connectivity index (χ0) is 14.7. The fourth-order valence-corrected chi connectivity index (χ4v) is 4.16. The molecule has 1 heterocycles. The van der Waals surface area contributed by atoms with Crippen LogP contribution >= 0.6 is 0 Å². The molecule has 0 radical (unpaired) electrons. The summed E-state index contributed by atoms with van der Waals surface area (Å²) in [4.78, 5) is 4.50. The molecule has 1 nitrogen and oxygen atoms in total. The number of fused-ring (bicyclic) bond motifs is 1. The van der Waals surface area contributed by atoms with Crippen molar-refractivity contribution in [2.75, 3.05) is 0 Å². The Morgan fingerprint density at radius 1 is 1.10 bits per heavy atom. The van der Waals surface area contributed by atoms with Crippen molar-refractivity contribution in [2.45, 2.75) is 58.3 Å². The summed E-state index contributed by atoms with van der Waals surface area (Å²) in [6.45, 7) is 4.77. The number of pyridine rings is 1. The summed E-state index contributed by atoms with van der Waals surface area (Å²) < 4.78 is 0. The molecule has 1 heteroatoms. The number of rotatable bonds is 4. The maximum absolute atomic E-state index is 4.50. The van der Waals surface area contributed by atoms with Gasteiger partial charge in [0, 0.05) is 11.6 Å². The Morgan fingerprint density at radius 2 is 1.86 bits per heavy atom. The standard InChI is InChI=1S/C20H27N/c1-3-6-15(2)16-9-11-17(12-10-16)18-13-14-21-20-8-5-4-7-19(18)20/h4-5,7-8,13-17H,3,6,9-12H2,1-2H3. The van der Waals surface area contributed by atoms with E-state index in [9.17, 15) is 0 Å². The minimum Gasteiger partial charge on any atom is -0.256 e. The molecule has 0 N–H and O–H groups in total. The molecule has 1 aromatic carbocycles. The van der Waals surface area contributed by atoms with Gasteiger partial charge >= 0.3 is 0 Å². The Morgan fingerprint density at radius 3 is 2.62 bits per heavy atom. The van der Waals surface area contributed by atoms with Gasteiger partial charge in [-0.15, -0.1) is 0 Å². The average molecular weight is 281 g/mol. The summed E-state index contributed by atoms with van der Waals surface area (Å²) in [5, 5.41) is 1.37. The van der Waals surface area contributed by atoms with Crippen molar-refractivity contribution in [2.24, 2.45) is 11.8 Å². The predicted molar refractivity (Wildman–Crippen MR) is 90.5 cm³/mol. The van der Waals surface area contributed by atoms with E-state index >= 15 is 0 Å². The highest BCUT2D eigenvalue weighted by Gasteiger charge is 2.26. The third-order valence-corrected chi connectivity index (χ3v) is 5.44. The van der Waals surface area contributed by atoms with Crippen LogP contribution in [0, 0.1) is 11.8 Å². The first-order valence-electron chi connectivity index (χ1n) is 8.63. The van der Waals surface area contributed by atoms with Crippen LogP contribution in [0.3, 0.4) is 0 Å². The second-order valence-electron chi connectivity index (χ2n) is 6.79. The minimum atomic E-state index is 0.739. The summed E-state index contributed by atoms with van der Waals surface area (Å²) in [7, 11) is 0. The van der Waals surface area contributed by atoms with Crippen molar-refractivity contribution < 1.29 is 0 Å². The molecule has 1 saturated carbocycles. The van der Waals surface area contributed by atoms with Gasteiger partial charge < -0.3 is 0 Å². The SMILES string of the molecule is CCCC(C)C1CCC(c2ccnc3ccccc23)CC1. The third kappa shape index (κ3) is 3.12. The largest absolute Gasteiger partial charge is 0.256 e. The minimum absolute atomic E-state index is 0.739. The topological polar surface area (TPSA) is 12.9 Å². The molecule has 1 fully saturated rings. The summed E-state index contributed by atoms with van der Waals surface area (Å²) in [5.41, 5.74) is 2.68. The van der Waals surface area contributed by atoms with Gasteiger partial charge in [-0.3, -0.25) is 4.98 Å². The summed E-state index contributed by atoms with van der Waals surface area (Å²) >= 11 is 0. The molecule has 0 aliphatic heterocycles. The number of nitrogens with zero attached hydrogens (tertiary/aromatic N) is 1. The monoisotopic (exact) mass is 281 g/mol. The van der Waals surface area contributed by atoms with Gasteiger partial charge in [0.05, 0.1) is 5.52 Å². The van der Waals surface area contributed by atoms with Crippen LogP contribution in [0.15, 0.2) is 36.5 Å². The maximum Gasteiger partial charge on any atom is 0.0704 e. The zero-order valence-corrected chi connectivity index (χ0v) is 13.4. The van der Waals surface area contributed by atoms with Gasteiger partial charge in [0.1, 0.15) is 0 Å². The van der Waals surface area contributed by atoms with Crippen LogP contribution in [0.25, 0.3) is 10.9 Å². The Bertz CT molecular complexity index is 576. The predicted octanol–water partition coefficient (Wildman–Crippen LogP) is 5.94. The summed E-state index contributed by atoms with van der Waals surface area (Å²) in [6, 6.07) is 10.9. The van der Waals surface area contributed by atoms with Crippen LogP contribution in [-0.4, -0.2) is 4.98 Å². The first-order chi connectivity index (χ1) is 10.3. The lowest BCUT2D eigenvalue weighted by molar-refractivity contribution is 0.235. The Kier molecular flexibility index (Phi) is 4.57. The van der Waals surface area contributed by atoms with Crippen LogP contribution in [0.4, 0.5) is 0 Å². The van der Waals surface area contributed by atoms with Gasteiger partial charge in [0.15, 0.2) is 0 Å². The fourth-order valence-electron chi connectivity index (χ4n) is 4.16. The van der Waals surface area contributed by atoms with E-state index in [0.29, 0.717) is 0 Å². The van der Waals surface area contributed by atoms with Gasteiger partial charge in [-0.05, 0) is 61.1 Å². The molecule has 1 unspecified atom stereocenters. The van der Waals surface area contributed by atoms with Crippen molar-refractivity contribution in [1.82, 2.24) is 4.98 Å². The molecule has 1 aliphatic rings. The second-order valence-corrected chi connectivity index (χ2v) is 6.79. The molecule has 21 heavy (non-hydrogen) atoms. The van der Waals surface area contributed by atoms with E-state index in [1.54, 1.807) is 0 Å². The molecule has 3 rings (SSSR count). The van der Waals surface area contributed by atoms with Gasteiger partial charge in [-0.25, -0.2) is 0 Å². The molecule has 112 valence electrons. The van der Waals surface area contributed by atoms with Crippen molar-refractivity contribution in [3.8, 4) is 0 Å². The Balaban J connectivity index is 1.74. The second kappa shape index (κ2) is 6.60. The number of hydrogen-bond acceptors (Lipinski definition) is 1. The van der Waals surface area contributed by atoms with Crippen LogP contribution in [0.1, 0.15) is 63.9 Å². The third-order valence-electron chi connectivity index (χ3n) is 5.44. The highest BCUT2D eigenvalue weighted by molar-refractivity contribution is 5.82. The number of aromatic nitrogens is 1. The normalized spacial score (nSPS) is 24.1. The fraction of sp³-hybridized carbons (Fsp3) is 0.550. The van der Waals surface area contributed by atoms with Gasteiger partial charge in [0.2, 0.25) is 0 Å². The van der Waals surface area contributed by atoms with E-state index in [1.807, 2.05) is 6.20 Å². The van der Waals surface area contributed by atoms with Crippen molar-refractivity contribution in [1.29, 1.82) is 0 Å². The molecular weight excluding hydrogens is 254 g/mol. The molecule has 1 atom stereocenters. The molecular formula is C20H27N. The van der Waals surface area contributed by atoms with Gasteiger partial charge in [-0.1, -0.05) is 44.9 Å². The first kappa shape index (κ1) is 14.6. The van der Waals surface area contributed by atoms with Crippen LogP contribution < -0.4 is 0 Å². The van der Waals surface area contributed by atoms with Crippen LogP contribution in [0.5, 0.6) is 0 Å². The van der Waals surface area contributed by atoms with Crippen molar-refractivity contribution in [3.63, 3.8) is 0 Å². The Labute approximate surface area is 128 Å². The van der Waals surface area contributed by atoms with E-state index in [2.05, 4.69) is 49.2 Å². The Hall–Kier alpha value is -1.37. The molecule has 0 amide bonds. The zero-order valence-electron chi connectivity index (χ0n) is 13.4. The van der Waals surface area contributed by atoms with Gasteiger partial charge in [0.25, 0.3) is 0 Å². The molecule has 0 spiro atoms. The molecule has 1 aromatic heterocycles. The quantitative estimate of drug-likeness (QED) is 0.675. The molecule has 0 bridgehead atoms. The lowest BCUT2D eigenvalue weighted by atomic mass is 9.73. The van der Waals surface area contributed by atoms with Crippen LogP contribution in [0.2, 0.25) is 0 Å². The average Bonchev–Trinajstić information content (AvgIpc) is 2.55. The van der Waals surface area contributed by atoms with Crippen molar-refractivity contribution in [3.05, 3.63) is 42.1 Å². The lowest BCUT2D eigenvalue weighted by Gasteiger charge is -2.33. The van der Waals surface area contributed by atoms with E-state index < -0.39 is 0 Å². The number of benzene rings is 1. The molecule has 2 aromatic rings. The number of para-hydroxylation sites is 1. The summed E-state index contributed by atoms with van der Waals surface area (Å²) in [6.07, 6.45) is 10.2. The van der Waals surface area contributed by atoms with E-state index in [-0.39, 0.29) is 0 Å². The van der Waals surface area contributed by atoms with E-state index in [4.69, 9.17) is 0 Å². The van der Waals surface area contributed by atoms with E-state index in [1.165, 1.54) is 49.5 Å². The number of hydrogen-bond donors (Lipinski definition) is 0. The highest BCUT2D eigenvalue weighted by Crippen LogP contribution is 2.41. The van der Waals surface area contributed by atoms with E-state index in [0.717, 1.165) is 23.3 Å². The van der Waals surface area contributed by atoms with Gasteiger partial charge in [-0.2, -0.15) is 0 Å². The highest BCUT2D eigenvalue weighted by atomic mass is 14.6. The lowest BCUT2D eigenvalue weighted by Crippen LogP contribution is -2.19. The molecule has 0 saturated heterocycles. The molecule has 1 aliphatic carbocycles. The maximum atomic E-state index is 4.50. The smallest absolute Gasteiger partial charge is 0.0704 e. The van der Waals surface area contributed by atoms with Crippen molar-refractivity contribution >= 4 is 10.9 Å². The first-order valence-corrected chi connectivity index (χ1v) is 8.63. The summed E-state index contributed by atoms with van der Waals surface area (Å²) in [5.74, 6) is 2.60. The van der Waals surface area contributed by atoms with Crippen LogP contribution in [-0.2, 0) is 0 Å².